The number of rotatable bonds is 8. The monoisotopic (exact) mass is 520 g/mol. The van der Waals surface area contributed by atoms with Gasteiger partial charge in [-0.1, -0.05) is 25.5 Å². The molecule has 0 aliphatic heterocycles. The van der Waals surface area contributed by atoms with Crippen LogP contribution in [-0.2, 0) is 9.53 Å². The molecular formula is C29H40N6O3. The van der Waals surface area contributed by atoms with Crippen LogP contribution < -0.4 is 27.4 Å². The van der Waals surface area contributed by atoms with Crippen LogP contribution in [0.1, 0.15) is 73.8 Å². The summed E-state index contributed by atoms with van der Waals surface area (Å²) in [5, 5.41) is 12.7. The number of benzene rings is 1. The molecule has 0 aliphatic carbocycles. The van der Waals surface area contributed by atoms with Crippen molar-refractivity contribution in [2.24, 2.45) is 10.7 Å². The summed E-state index contributed by atoms with van der Waals surface area (Å²) in [5.74, 6) is -0.714. The second kappa shape index (κ2) is 12.4. The summed E-state index contributed by atoms with van der Waals surface area (Å²) in [6.07, 6.45) is 5.40. The van der Waals surface area contributed by atoms with Gasteiger partial charge in [0.05, 0.1) is 5.35 Å². The number of fused-ring (bicyclic) bond motifs is 1. The summed E-state index contributed by atoms with van der Waals surface area (Å²) in [4.78, 5) is 33.3. The van der Waals surface area contributed by atoms with Crippen LogP contribution in [0.4, 0.5) is 10.5 Å². The number of anilines is 1. The van der Waals surface area contributed by atoms with Gasteiger partial charge < -0.3 is 26.6 Å². The molecule has 0 saturated heterocycles. The number of carbonyl (C=O) groups excluding carboxylic acids is 2. The first kappa shape index (κ1) is 30.1. The van der Waals surface area contributed by atoms with Crippen LogP contribution in [0.25, 0.3) is 22.2 Å². The lowest BCUT2D eigenvalue weighted by Crippen LogP contribution is -2.33. The van der Waals surface area contributed by atoms with Gasteiger partial charge in [0.25, 0.3) is 5.91 Å². The molecule has 7 N–H and O–H groups in total. The highest BCUT2D eigenvalue weighted by atomic mass is 16.6. The second-order valence-electron chi connectivity index (χ2n) is 9.93. The lowest BCUT2D eigenvalue weighted by molar-refractivity contribution is -0.113. The number of nitrogens with zero attached hydrogens (tertiary/aromatic N) is 1. The van der Waals surface area contributed by atoms with Gasteiger partial charge in [0.2, 0.25) is 0 Å². The highest BCUT2D eigenvalue weighted by Gasteiger charge is 2.19. The van der Waals surface area contributed by atoms with Gasteiger partial charge in [0.15, 0.2) is 5.70 Å². The first-order chi connectivity index (χ1) is 17.8. The topological polar surface area (TPSA) is 159 Å². The maximum Gasteiger partial charge on any atom is 0.412 e. The third-order valence-corrected chi connectivity index (χ3v) is 5.97. The molecule has 1 aromatic heterocycles. The molecule has 9 nitrogen and oxygen atoms in total. The Morgan fingerprint density at radius 2 is 1.84 bits per heavy atom. The average Bonchev–Trinajstić information content (AvgIpc) is 3.20. The van der Waals surface area contributed by atoms with E-state index in [-0.39, 0.29) is 5.70 Å². The van der Waals surface area contributed by atoms with Crippen molar-refractivity contribution in [3.63, 3.8) is 0 Å². The zero-order valence-electron chi connectivity index (χ0n) is 23.6. The molecule has 204 valence electrons. The molecule has 0 saturated carbocycles. The van der Waals surface area contributed by atoms with E-state index in [4.69, 9.17) is 26.6 Å². The number of amides is 2. The molecule has 0 spiro atoms. The maximum atomic E-state index is 12.8. The van der Waals surface area contributed by atoms with Crippen LogP contribution in [-0.4, -0.2) is 34.5 Å². The number of nitrogens with two attached hydrogens (primary N) is 2. The number of aromatic amines is 1. The molecule has 1 heterocycles. The Labute approximate surface area is 223 Å². The van der Waals surface area contributed by atoms with E-state index in [1.165, 1.54) is 6.21 Å². The predicted molar refractivity (Wildman–Crippen MR) is 156 cm³/mol. The van der Waals surface area contributed by atoms with E-state index >= 15 is 0 Å². The van der Waals surface area contributed by atoms with E-state index in [9.17, 15) is 9.59 Å². The second-order valence-corrected chi connectivity index (χ2v) is 9.93. The Morgan fingerprint density at radius 1 is 1.18 bits per heavy atom. The Balaban J connectivity index is 2.96. The smallest absolute Gasteiger partial charge is 0.412 e. The third-order valence-electron chi connectivity index (χ3n) is 5.97. The largest absolute Gasteiger partial charge is 0.444 e. The molecule has 0 atom stereocenters. The van der Waals surface area contributed by atoms with Gasteiger partial charge in [-0.25, -0.2) is 9.79 Å². The fourth-order valence-corrected chi connectivity index (χ4v) is 4.18. The third kappa shape index (κ3) is 6.79. The SMILES string of the molecule is C\C=C/C(NC(=O)OC(C)(C)C)=C(CC)/C(C)=N\C(C(N)=O)=c1\[nH]c2ccc(N)c(C=N)c2\c1=C(\C)CC. The number of aromatic nitrogens is 1. The molecule has 2 aromatic rings. The fourth-order valence-electron chi connectivity index (χ4n) is 4.18. The maximum absolute atomic E-state index is 12.8. The van der Waals surface area contributed by atoms with Crippen molar-refractivity contribution in [2.45, 2.75) is 73.8 Å². The number of H-pyrrole nitrogens is 1. The highest BCUT2D eigenvalue weighted by molar-refractivity contribution is 6.17. The van der Waals surface area contributed by atoms with Crippen molar-refractivity contribution in [3.05, 3.63) is 51.7 Å². The van der Waals surface area contributed by atoms with Gasteiger partial charge in [-0.3, -0.25) is 10.1 Å². The zero-order chi connectivity index (χ0) is 28.8. The van der Waals surface area contributed by atoms with E-state index in [2.05, 4.69) is 10.3 Å². The summed E-state index contributed by atoms with van der Waals surface area (Å²) in [7, 11) is 0. The first-order valence-corrected chi connectivity index (χ1v) is 12.6. The lowest BCUT2D eigenvalue weighted by atomic mass is 10.0. The van der Waals surface area contributed by atoms with Crippen molar-refractivity contribution < 1.29 is 14.3 Å². The van der Waals surface area contributed by atoms with Crippen molar-refractivity contribution in [2.75, 3.05) is 5.73 Å². The molecule has 0 bridgehead atoms. The van der Waals surface area contributed by atoms with Crippen molar-refractivity contribution >= 4 is 51.8 Å². The van der Waals surface area contributed by atoms with Crippen LogP contribution >= 0.6 is 0 Å². The lowest BCUT2D eigenvalue weighted by Gasteiger charge is -2.21. The number of carbonyl (C=O) groups is 2. The molecule has 9 heteroatoms. The van der Waals surface area contributed by atoms with E-state index in [0.29, 0.717) is 46.4 Å². The summed E-state index contributed by atoms with van der Waals surface area (Å²) < 4.78 is 5.42. The number of aliphatic imine (C=N–C) groups is 1. The van der Waals surface area contributed by atoms with Crippen LogP contribution in [0.2, 0.25) is 0 Å². The molecular weight excluding hydrogens is 480 g/mol. The molecule has 1 aromatic carbocycles. The van der Waals surface area contributed by atoms with Gasteiger partial charge in [0.1, 0.15) is 5.60 Å². The molecule has 2 amide bonds. The summed E-state index contributed by atoms with van der Waals surface area (Å²) in [6.45, 7) is 14.9. The minimum absolute atomic E-state index is 0.0408. The van der Waals surface area contributed by atoms with Gasteiger partial charge in [-0.05, 0) is 78.2 Å². The number of hydrogen-bond acceptors (Lipinski definition) is 6. The first-order valence-electron chi connectivity index (χ1n) is 12.6. The van der Waals surface area contributed by atoms with Crippen molar-refractivity contribution in [1.29, 1.82) is 5.41 Å². The predicted octanol–water partition coefficient (Wildman–Crippen LogP) is 4.15. The van der Waals surface area contributed by atoms with E-state index in [1.54, 1.807) is 45.9 Å². The van der Waals surface area contributed by atoms with Gasteiger partial charge in [-0.2, -0.15) is 0 Å². The van der Waals surface area contributed by atoms with Crippen LogP contribution in [0.3, 0.4) is 0 Å². The van der Waals surface area contributed by atoms with E-state index in [0.717, 1.165) is 21.7 Å². The van der Waals surface area contributed by atoms with Crippen LogP contribution in [0, 0.1) is 5.41 Å². The van der Waals surface area contributed by atoms with Crippen molar-refractivity contribution in [1.82, 2.24) is 10.3 Å². The Morgan fingerprint density at radius 3 is 2.34 bits per heavy atom. The Bertz CT molecular complexity index is 1470. The van der Waals surface area contributed by atoms with Crippen LogP contribution in [0.5, 0.6) is 0 Å². The minimum Gasteiger partial charge on any atom is -0.444 e. The number of primary amides is 1. The fraction of sp³-hybridized carbons (Fsp3) is 0.379. The molecule has 38 heavy (non-hydrogen) atoms. The van der Waals surface area contributed by atoms with E-state index < -0.39 is 17.6 Å². The zero-order valence-corrected chi connectivity index (χ0v) is 23.6. The normalized spacial score (nSPS) is 14.8. The number of allylic oxidation sites excluding steroid dienone is 3. The molecule has 0 fully saturated rings. The number of ether oxygens (including phenoxy) is 1. The van der Waals surface area contributed by atoms with Crippen molar-refractivity contribution in [3.8, 4) is 0 Å². The standard InChI is InChI=1S/C29H40N6O3/c1-9-12-21(35-28(37)38-29(6,7)8)18(11-3)17(5)33-26(27(32)36)25-23(16(4)10-2)24-19(15-30)20(31)13-14-22(24)34-25/h9,12-15,30,34H,10-11,31H2,1-8H3,(H2,32,36)(H,35,37)/b12-9-,21-18-,23-16+,26-25+,30-15?,33-17-. The Kier molecular flexibility index (Phi) is 9.82. The minimum atomic E-state index is -0.714. The molecule has 2 rings (SSSR count). The van der Waals surface area contributed by atoms with Gasteiger partial charge in [0, 0.05) is 45.0 Å². The number of alkyl carbamates (subject to hydrolysis) is 1. The molecule has 0 radical (unpaired) electrons. The average molecular weight is 521 g/mol. The summed E-state index contributed by atoms with van der Waals surface area (Å²) in [5.41, 5.74) is 15.9. The number of hydrogen-bond donors (Lipinski definition) is 5. The highest BCUT2D eigenvalue weighted by Crippen LogP contribution is 2.20. The summed E-state index contributed by atoms with van der Waals surface area (Å²) in [6, 6.07) is 3.53. The number of nitrogen functional groups attached to an aromatic ring is 1. The summed E-state index contributed by atoms with van der Waals surface area (Å²) >= 11 is 0. The van der Waals surface area contributed by atoms with E-state index in [1.807, 2.05) is 33.8 Å². The van der Waals surface area contributed by atoms with Crippen LogP contribution in [0.15, 0.2) is 40.5 Å². The molecule has 0 aliphatic rings. The molecule has 0 unspecified atom stereocenters. The number of nitrogens with one attached hydrogen (secondary N) is 3. The Hall–Kier alpha value is -4.14. The quantitative estimate of drug-likeness (QED) is 0.201. The van der Waals surface area contributed by atoms with Gasteiger partial charge >= 0.3 is 6.09 Å². The van der Waals surface area contributed by atoms with Gasteiger partial charge in [-0.15, -0.1) is 0 Å².